The number of carbonyl (C=O) groups is 1. The minimum atomic E-state index is -1.05. The second kappa shape index (κ2) is 7.59. The summed E-state index contributed by atoms with van der Waals surface area (Å²) >= 11 is 6.03. The number of nitrogens with zero attached hydrogens (tertiary/aromatic N) is 3. The van der Waals surface area contributed by atoms with Gasteiger partial charge in [0, 0.05) is 35.4 Å². The number of fused-ring (bicyclic) bond motifs is 1. The van der Waals surface area contributed by atoms with E-state index in [1.807, 2.05) is 0 Å². The monoisotopic (exact) mass is 404 g/mol. The molecule has 3 aromatic heterocycles. The van der Waals surface area contributed by atoms with Crippen LogP contribution in [0.1, 0.15) is 25.7 Å². The van der Waals surface area contributed by atoms with Crippen molar-refractivity contribution >= 4 is 34.5 Å². The molecule has 146 valence electrons. The maximum absolute atomic E-state index is 14.3. The maximum Gasteiger partial charge on any atom is 0.404 e. The van der Waals surface area contributed by atoms with Gasteiger partial charge in [-0.05, 0) is 31.7 Å². The molecule has 3 aromatic rings. The second-order valence-corrected chi connectivity index (χ2v) is 7.23. The van der Waals surface area contributed by atoms with E-state index in [0.717, 1.165) is 30.8 Å². The highest BCUT2D eigenvalue weighted by molar-refractivity contribution is 6.31. The average molecular weight is 405 g/mol. The van der Waals surface area contributed by atoms with Crippen LogP contribution in [0.15, 0.2) is 24.7 Å². The minimum Gasteiger partial charge on any atom is -0.465 e. The van der Waals surface area contributed by atoms with Gasteiger partial charge in [-0.15, -0.1) is 0 Å². The van der Waals surface area contributed by atoms with Crippen LogP contribution in [0.2, 0.25) is 5.02 Å². The van der Waals surface area contributed by atoms with Gasteiger partial charge in [-0.3, -0.25) is 0 Å². The van der Waals surface area contributed by atoms with Gasteiger partial charge in [0.25, 0.3) is 0 Å². The SMILES string of the molecule is O=C(O)N[C@@H]1CCC[C@H](Nc2nc(-c3c[nH]c4ncc(Cl)cc34)ncc2F)C1. The van der Waals surface area contributed by atoms with E-state index in [4.69, 9.17) is 16.7 Å². The molecule has 0 bridgehead atoms. The van der Waals surface area contributed by atoms with Crippen LogP contribution in [0.4, 0.5) is 15.0 Å². The van der Waals surface area contributed by atoms with Crippen molar-refractivity contribution in [2.75, 3.05) is 5.32 Å². The molecule has 0 radical (unpaired) electrons. The molecule has 1 aliphatic rings. The highest BCUT2D eigenvalue weighted by Gasteiger charge is 2.24. The van der Waals surface area contributed by atoms with Crippen LogP contribution in [0.3, 0.4) is 0 Å². The number of nitrogens with one attached hydrogen (secondary N) is 3. The predicted octanol–water partition coefficient (Wildman–Crippen LogP) is 3.80. The Hall–Kier alpha value is -2.94. The predicted molar refractivity (Wildman–Crippen MR) is 103 cm³/mol. The van der Waals surface area contributed by atoms with E-state index in [-0.39, 0.29) is 17.9 Å². The Bertz CT molecular complexity index is 1030. The summed E-state index contributed by atoms with van der Waals surface area (Å²) in [6.45, 7) is 0. The Morgan fingerprint density at radius 1 is 1.29 bits per heavy atom. The Kier molecular flexibility index (Phi) is 4.99. The zero-order chi connectivity index (χ0) is 19.7. The van der Waals surface area contributed by atoms with Crippen LogP contribution in [0.5, 0.6) is 0 Å². The van der Waals surface area contributed by atoms with Crippen LogP contribution in [0, 0.1) is 5.82 Å². The Labute approximate surface area is 164 Å². The summed E-state index contributed by atoms with van der Waals surface area (Å²) in [5.41, 5.74) is 1.30. The molecule has 0 aromatic carbocycles. The normalized spacial score (nSPS) is 19.5. The summed E-state index contributed by atoms with van der Waals surface area (Å²) in [5.74, 6) is -0.126. The molecule has 4 rings (SSSR count). The molecule has 1 amide bonds. The summed E-state index contributed by atoms with van der Waals surface area (Å²) in [6, 6.07) is 1.51. The van der Waals surface area contributed by atoms with E-state index in [1.54, 1.807) is 12.3 Å². The van der Waals surface area contributed by atoms with E-state index in [2.05, 4.69) is 30.6 Å². The van der Waals surface area contributed by atoms with Gasteiger partial charge in [0.05, 0.1) is 11.2 Å². The number of halogens is 2. The van der Waals surface area contributed by atoms with Gasteiger partial charge >= 0.3 is 6.09 Å². The molecule has 0 spiro atoms. The maximum atomic E-state index is 14.3. The fourth-order valence-electron chi connectivity index (χ4n) is 3.58. The number of aromatic amines is 1. The minimum absolute atomic E-state index is 0.0815. The number of hydrogen-bond donors (Lipinski definition) is 4. The smallest absolute Gasteiger partial charge is 0.404 e. The fourth-order valence-corrected chi connectivity index (χ4v) is 3.74. The number of H-pyrrole nitrogens is 1. The fraction of sp³-hybridized carbons (Fsp3) is 0.333. The summed E-state index contributed by atoms with van der Waals surface area (Å²) < 4.78 is 14.3. The van der Waals surface area contributed by atoms with Crippen molar-refractivity contribution in [1.82, 2.24) is 25.3 Å². The van der Waals surface area contributed by atoms with Gasteiger partial charge in [0.2, 0.25) is 0 Å². The second-order valence-electron chi connectivity index (χ2n) is 6.80. The first kappa shape index (κ1) is 18.4. The number of hydrogen-bond acceptors (Lipinski definition) is 5. The molecule has 0 unspecified atom stereocenters. The van der Waals surface area contributed by atoms with Crippen molar-refractivity contribution < 1.29 is 14.3 Å². The zero-order valence-corrected chi connectivity index (χ0v) is 15.5. The van der Waals surface area contributed by atoms with Crippen molar-refractivity contribution in [1.29, 1.82) is 0 Å². The first-order valence-electron chi connectivity index (χ1n) is 8.91. The molecule has 3 heterocycles. The highest BCUT2D eigenvalue weighted by Crippen LogP contribution is 2.29. The lowest BCUT2D eigenvalue weighted by Gasteiger charge is -2.30. The number of anilines is 1. The molecule has 2 atom stereocenters. The Balaban J connectivity index is 1.59. The molecule has 8 nitrogen and oxygen atoms in total. The van der Waals surface area contributed by atoms with Gasteiger partial charge in [-0.25, -0.2) is 24.1 Å². The number of rotatable bonds is 4. The van der Waals surface area contributed by atoms with E-state index in [9.17, 15) is 9.18 Å². The summed E-state index contributed by atoms with van der Waals surface area (Å²) in [5, 5.41) is 15.7. The third-order valence-corrected chi connectivity index (χ3v) is 5.03. The quantitative estimate of drug-likeness (QED) is 0.525. The first-order chi connectivity index (χ1) is 13.5. The molecule has 10 heteroatoms. The first-order valence-corrected chi connectivity index (χ1v) is 9.29. The lowest BCUT2D eigenvalue weighted by Crippen LogP contribution is -2.41. The molecule has 1 saturated carbocycles. The summed E-state index contributed by atoms with van der Waals surface area (Å²) in [7, 11) is 0. The molecule has 0 saturated heterocycles. The van der Waals surface area contributed by atoms with Crippen molar-refractivity contribution in [2.24, 2.45) is 0 Å². The van der Waals surface area contributed by atoms with Gasteiger partial charge in [-0.2, -0.15) is 0 Å². The molecule has 1 aliphatic carbocycles. The van der Waals surface area contributed by atoms with Gasteiger partial charge in [0.1, 0.15) is 5.65 Å². The van der Waals surface area contributed by atoms with Crippen LogP contribution >= 0.6 is 11.6 Å². The lowest BCUT2D eigenvalue weighted by molar-refractivity contribution is 0.185. The van der Waals surface area contributed by atoms with Crippen LogP contribution < -0.4 is 10.6 Å². The van der Waals surface area contributed by atoms with Crippen LogP contribution in [0.25, 0.3) is 22.4 Å². The highest BCUT2D eigenvalue weighted by atomic mass is 35.5. The van der Waals surface area contributed by atoms with Gasteiger partial charge < -0.3 is 20.7 Å². The largest absolute Gasteiger partial charge is 0.465 e. The number of amides is 1. The average Bonchev–Trinajstić information content (AvgIpc) is 3.06. The van der Waals surface area contributed by atoms with E-state index in [0.29, 0.717) is 28.5 Å². The molecule has 28 heavy (non-hydrogen) atoms. The van der Waals surface area contributed by atoms with Crippen molar-refractivity contribution in [3.05, 3.63) is 35.5 Å². The van der Waals surface area contributed by atoms with E-state index >= 15 is 0 Å². The van der Waals surface area contributed by atoms with E-state index in [1.165, 1.54) is 6.20 Å². The van der Waals surface area contributed by atoms with Gasteiger partial charge in [-0.1, -0.05) is 11.6 Å². The third kappa shape index (κ3) is 3.84. The number of pyridine rings is 1. The third-order valence-electron chi connectivity index (χ3n) is 4.83. The molecule has 0 aliphatic heterocycles. The van der Waals surface area contributed by atoms with Crippen LogP contribution in [-0.4, -0.2) is 43.2 Å². The van der Waals surface area contributed by atoms with Crippen LogP contribution in [-0.2, 0) is 0 Å². The summed E-state index contributed by atoms with van der Waals surface area (Å²) in [4.78, 5) is 26.5. The molecular weight excluding hydrogens is 387 g/mol. The zero-order valence-electron chi connectivity index (χ0n) is 14.7. The van der Waals surface area contributed by atoms with Gasteiger partial charge in [0.15, 0.2) is 17.5 Å². The Morgan fingerprint density at radius 3 is 2.93 bits per heavy atom. The van der Waals surface area contributed by atoms with Crippen molar-refractivity contribution in [3.63, 3.8) is 0 Å². The number of carboxylic acid groups (broad SMARTS) is 1. The standard InChI is InChI=1S/C18H18ClFN6O2/c19-9-4-12-13(7-22-15(12)21-6-9)16-23-8-14(20)17(26-16)24-10-2-1-3-11(5-10)25-18(27)28/h4,6-8,10-11,25H,1-3,5H2,(H,21,22)(H,27,28)(H,23,24,26)/t10-,11+/m0/s1. The van der Waals surface area contributed by atoms with E-state index < -0.39 is 11.9 Å². The molecule has 4 N–H and O–H groups in total. The lowest BCUT2D eigenvalue weighted by atomic mass is 9.91. The Morgan fingerprint density at radius 2 is 2.11 bits per heavy atom. The van der Waals surface area contributed by atoms with Crippen molar-refractivity contribution in [2.45, 2.75) is 37.8 Å². The van der Waals surface area contributed by atoms with Crippen molar-refractivity contribution in [3.8, 4) is 11.4 Å². The molecule has 1 fully saturated rings. The summed E-state index contributed by atoms with van der Waals surface area (Å²) in [6.07, 6.45) is 6.30. The number of aromatic nitrogens is 4. The topological polar surface area (TPSA) is 116 Å². The molecular formula is C18H18ClFN6O2.